The summed E-state index contributed by atoms with van der Waals surface area (Å²) in [5, 5.41) is 5.88. The van der Waals surface area contributed by atoms with Crippen molar-refractivity contribution in [1.29, 1.82) is 0 Å². The van der Waals surface area contributed by atoms with Crippen molar-refractivity contribution < 1.29 is 0 Å². The number of hydrogen-bond donors (Lipinski definition) is 2. The second-order valence-electron chi connectivity index (χ2n) is 3.42. The number of nitrogens with one attached hydrogen (secondary N) is 2. The van der Waals surface area contributed by atoms with Crippen LogP contribution in [0.3, 0.4) is 0 Å². The Bertz CT molecular complexity index is 115. The molecular formula is C8H17N3. The molecule has 2 rings (SSSR count). The Kier molecular flexibility index (Phi) is 2.41. The van der Waals surface area contributed by atoms with Crippen LogP contribution in [-0.2, 0) is 0 Å². The van der Waals surface area contributed by atoms with Crippen molar-refractivity contribution in [2.24, 2.45) is 0 Å². The summed E-state index contributed by atoms with van der Waals surface area (Å²) in [6.07, 6.45) is 5.97. The molecule has 3 heteroatoms. The van der Waals surface area contributed by atoms with Crippen LogP contribution < -0.4 is 10.7 Å². The molecule has 2 aliphatic rings. The predicted octanol–water partition coefficient (Wildman–Crippen LogP) is 0.296. The minimum atomic E-state index is 0.617. The van der Waals surface area contributed by atoms with Crippen LogP contribution in [0.4, 0.5) is 0 Å². The van der Waals surface area contributed by atoms with E-state index in [-0.39, 0.29) is 0 Å². The molecule has 64 valence electrons. The van der Waals surface area contributed by atoms with Gasteiger partial charge < -0.3 is 5.32 Å². The maximum Gasteiger partial charge on any atom is 0.0732 e. The zero-order chi connectivity index (χ0) is 7.52. The van der Waals surface area contributed by atoms with Crippen LogP contribution in [0.15, 0.2) is 0 Å². The second-order valence-corrected chi connectivity index (χ2v) is 3.42. The number of piperidine rings is 1. The molecule has 2 aliphatic heterocycles. The van der Waals surface area contributed by atoms with Crippen LogP contribution in [0, 0.1) is 0 Å². The fraction of sp³-hybridized carbons (Fsp3) is 1.00. The van der Waals surface area contributed by atoms with Crippen molar-refractivity contribution in [1.82, 2.24) is 15.8 Å². The van der Waals surface area contributed by atoms with E-state index in [0.29, 0.717) is 6.17 Å². The van der Waals surface area contributed by atoms with E-state index in [2.05, 4.69) is 15.8 Å². The zero-order valence-corrected chi connectivity index (χ0v) is 6.97. The molecule has 0 bridgehead atoms. The monoisotopic (exact) mass is 155 g/mol. The molecule has 0 amide bonds. The second kappa shape index (κ2) is 3.52. The third-order valence-electron chi connectivity index (χ3n) is 2.55. The molecule has 1 unspecified atom stereocenters. The Morgan fingerprint density at radius 3 is 2.73 bits per heavy atom. The summed E-state index contributed by atoms with van der Waals surface area (Å²) in [5.74, 6) is 0. The molecule has 2 saturated heterocycles. The summed E-state index contributed by atoms with van der Waals surface area (Å²) in [6, 6.07) is 0. The Morgan fingerprint density at radius 2 is 2.09 bits per heavy atom. The van der Waals surface area contributed by atoms with Gasteiger partial charge in [0.25, 0.3) is 0 Å². The first-order chi connectivity index (χ1) is 5.47. The molecule has 2 heterocycles. The van der Waals surface area contributed by atoms with E-state index in [1.54, 1.807) is 0 Å². The van der Waals surface area contributed by atoms with Gasteiger partial charge in [-0.1, -0.05) is 0 Å². The molecule has 2 N–H and O–H groups in total. The summed E-state index contributed by atoms with van der Waals surface area (Å²) < 4.78 is 0. The Labute approximate surface area is 68.1 Å². The SMILES string of the molecule is C1CCC(N2CCCN2)NC1. The first-order valence-electron chi connectivity index (χ1n) is 4.70. The van der Waals surface area contributed by atoms with E-state index < -0.39 is 0 Å². The van der Waals surface area contributed by atoms with E-state index >= 15 is 0 Å². The number of hydrazine groups is 1. The molecule has 11 heavy (non-hydrogen) atoms. The van der Waals surface area contributed by atoms with Gasteiger partial charge in [0.2, 0.25) is 0 Å². The average Bonchev–Trinajstić information content (AvgIpc) is 2.58. The van der Waals surface area contributed by atoms with Crippen LogP contribution in [0.25, 0.3) is 0 Å². The lowest BCUT2D eigenvalue weighted by Gasteiger charge is -2.31. The largest absolute Gasteiger partial charge is 0.301 e. The van der Waals surface area contributed by atoms with Gasteiger partial charge in [-0.3, -0.25) is 5.43 Å². The van der Waals surface area contributed by atoms with Gasteiger partial charge in [0.05, 0.1) is 6.17 Å². The molecule has 2 fully saturated rings. The van der Waals surface area contributed by atoms with E-state index in [1.165, 1.54) is 38.8 Å². The van der Waals surface area contributed by atoms with E-state index in [1.807, 2.05) is 0 Å². The smallest absolute Gasteiger partial charge is 0.0732 e. The Morgan fingerprint density at radius 1 is 1.09 bits per heavy atom. The fourth-order valence-electron chi connectivity index (χ4n) is 1.92. The van der Waals surface area contributed by atoms with Crippen molar-refractivity contribution in [3.63, 3.8) is 0 Å². The summed E-state index contributed by atoms with van der Waals surface area (Å²) >= 11 is 0. The molecule has 0 spiro atoms. The van der Waals surface area contributed by atoms with Gasteiger partial charge in [0, 0.05) is 13.1 Å². The highest BCUT2D eigenvalue weighted by Crippen LogP contribution is 2.11. The third kappa shape index (κ3) is 1.72. The van der Waals surface area contributed by atoms with Crippen LogP contribution in [-0.4, -0.2) is 30.8 Å². The molecule has 1 atom stereocenters. The van der Waals surface area contributed by atoms with Crippen LogP contribution in [0.5, 0.6) is 0 Å². The highest BCUT2D eigenvalue weighted by Gasteiger charge is 2.22. The van der Waals surface area contributed by atoms with Crippen molar-refractivity contribution in [2.75, 3.05) is 19.6 Å². The summed E-state index contributed by atoms with van der Waals surface area (Å²) in [7, 11) is 0. The van der Waals surface area contributed by atoms with Gasteiger partial charge >= 0.3 is 0 Å². The standard InChI is InChI=1S/C8H17N3/c1-2-5-9-8(4-1)11-7-3-6-10-11/h8-10H,1-7H2. The molecule has 3 nitrogen and oxygen atoms in total. The molecule has 0 aromatic heterocycles. The minimum absolute atomic E-state index is 0.617. The van der Waals surface area contributed by atoms with Crippen LogP contribution in [0.1, 0.15) is 25.7 Å². The summed E-state index contributed by atoms with van der Waals surface area (Å²) in [6.45, 7) is 3.58. The van der Waals surface area contributed by atoms with Gasteiger partial charge in [-0.2, -0.15) is 0 Å². The fourth-order valence-corrected chi connectivity index (χ4v) is 1.92. The van der Waals surface area contributed by atoms with Crippen LogP contribution >= 0.6 is 0 Å². The zero-order valence-electron chi connectivity index (χ0n) is 6.97. The Balaban J connectivity index is 1.82. The highest BCUT2D eigenvalue weighted by atomic mass is 15.6. The number of nitrogens with zero attached hydrogens (tertiary/aromatic N) is 1. The van der Waals surface area contributed by atoms with E-state index in [4.69, 9.17) is 0 Å². The molecule has 0 aliphatic carbocycles. The van der Waals surface area contributed by atoms with Crippen molar-refractivity contribution >= 4 is 0 Å². The average molecular weight is 155 g/mol. The Hall–Kier alpha value is -0.120. The maximum atomic E-state index is 3.52. The lowest BCUT2D eigenvalue weighted by molar-refractivity contribution is 0.119. The van der Waals surface area contributed by atoms with Crippen molar-refractivity contribution in [3.8, 4) is 0 Å². The van der Waals surface area contributed by atoms with Gasteiger partial charge in [0.1, 0.15) is 0 Å². The van der Waals surface area contributed by atoms with Gasteiger partial charge in [-0.05, 0) is 32.2 Å². The van der Waals surface area contributed by atoms with Crippen molar-refractivity contribution in [3.05, 3.63) is 0 Å². The summed E-state index contributed by atoms with van der Waals surface area (Å²) in [4.78, 5) is 0. The first-order valence-corrected chi connectivity index (χ1v) is 4.70. The normalized spacial score (nSPS) is 34.4. The lowest BCUT2D eigenvalue weighted by Crippen LogP contribution is -2.51. The highest BCUT2D eigenvalue weighted by molar-refractivity contribution is 4.74. The van der Waals surface area contributed by atoms with Crippen LogP contribution in [0.2, 0.25) is 0 Å². The quantitative estimate of drug-likeness (QED) is 0.570. The topological polar surface area (TPSA) is 27.3 Å². The maximum absolute atomic E-state index is 3.52. The lowest BCUT2D eigenvalue weighted by atomic mass is 10.1. The number of hydrogen-bond acceptors (Lipinski definition) is 3. The van der Waals surface area contributed by atoms with E-state index in [9.17, 15) is 0 Å². The summed E-state index contributed by atoms with van der Waals surface area (Å²) in [5.41, 5.74) is 3.40. The molecule has 0 aromatic rings. The van der Waals surface area contributed by atoms with E-state index in [0.717, 1.165) is 6.54 Å². The van der Waals surface area contributed by atoms with Crippen molar-refractivity contribution in [2.45, 2.75) is 31.8 Å². The number of rotatable bonds is 1. The van der Waals surface area contributed by atoms with Gasteiger partial charge in [0.15, 0.2) is 0 Å². The molecule has 0 saturated carbocycles. The molecular weight excluding hydrogens is 138 g/mol. The molecule has 0 aromatic carbocycles. The van der Waals surface area contributed by atoms with Gasteiger partial charge in [-0.25, -0.2) is 5.01 Å². The predicted molar refractivity (Wildman–Crippen MR) is 45.0 cm³/mol. The first kappa shape index (κ1) is 7.53. The molecule has 0 radical (unpaired) electrons. The minimum Gasteiger partial charge on any atom is -0.301 e. The van der Waals surface area contributed by atoms with Gasteiger partial charge in [-0.15, -0.1) is 0 Å². The third-order valence-corrected chi connectivity index (χ3v) is 2.55.